The van der Waals surface area contributed by atoms with E-state index in [0.29, 0.717) is 30.7 Å². The lowest BCUT2D eigenvalue weighted by Crippen LogP contribution is -2.35. The quantitative estimate of drug-likeness (QED) is 0.534. The standard InChI is InChI=1S/C19H28N2O4/c1-5-10-24-19-11-16(8-9-20-15(4)22)6-7-18(19)25-13-17(23)12-21-14(2)3/h5-9,11,14,17,21,23H,1,10,12-13H2,2-4H3,(H,20,22). The number of aliphatic hydroxyl groups is 1. The topological polar surface area (TPSA) is 79.8 Å². The van der Waals surface area contributed by atoms with Gasteiger partial charge in [0.2, 0.25) is 5.91 Å². The van der Waals surface area contributed by atoms with Gasteiger partial charge in [-0.25, -0.2) is 0 Å². The molecule has 138 valence electrons. The Morgan fingerprint density at radius 3 is 2.72 bits per heavy atom. The summed E-state index contributed by atoms with van der Waals surface area (Å²) in [6.07, 6.45) is 4.35. The monoisotopic (exact) mass is 348 g/mol. The molecule has 0 fully saturated rings. The second-order valence-corrected chi connectivity index (χ2v) is 5.87. The number of hydrogen-bond acceptors (Lipinski definition) is 5. The SMILES string of the molecule is C=CCOc1cc(C=CNC(C)=O)ccc1OCC(O)CNC(C)C. The Morgan fingerprint density at radius 1 is 1.32 bits per heavy atom. The Labute approximate surface area is 149 Å². The third-order valence-corrected chi connectivity index (χ3v) is 3.08. The number of aliphatic hydroxyl groups excluding tert-OH is 1. The van der Waals surface area contributed by atoms with E-state index in [0.717, 1.165) is 5.56 Å². The van der Waals surface area contributed by atoms with E-state index in [9.17, 15) is 9.90 Å². The van der Waals surface area contributed by atoms with Gasteiger partial charge in [0.1, 0.15) is 19.3 Å². The van der Waals surface area contributed by atoms with E-state index in [1.807, 2.05) is 19.9 Å². The van der Waals surface area contributed by atoms with Crippen LogP contribution >= 0.6 is 0 Å². The van der Waals surface area contributed by atoms with E-state index < -0.39 is 6.10 Å². The zero-order valence-corrected chi connectivity index (χ0v) is 15.1. The van der Waals surface area contributed by atoms with Crippen molar-refractivity contribution in [3.05, 3.63) is 42.6 Å². The van der Waals surface area contributed by atoms with Crippen LogP contribution in [0.1, 0.15) is 26.3 Å². The molecule has 0 aliphatic carbocycles. The second kappa shape index (κ2) is 11.3. The summed E-state index contributed by atoms with van der Waals surface area (Å²) < 4.78 is 11.3. The summed E-state index contributed by atoms with van der Waals surface area (Å²) in [7, 11) is 0. The lowest BCUT2D eigenvalue weighted by Gasteiger charge is -2.17. The minimum absolute atomic E-state index is 0.136. The molecule has 1 unspecified atom stereocenters. The molecule has 1 atom stereocenters. The molecule has 1 amide bonds. The second-order valence-electron chi connectivity index (χ2n) is 5.87. The van der Waals surface area contributed by atoms with Gasteiger partial charge in [0.05, 0.1) is 0 Å². The number of carbonyl (C=O) groups excluding carboxylic acids is 1. The van der Waals surface area contributed by atoms with E-state index in [1.54, 1.807) is 30.5 Å². The third kappa shape index (κ3) is 8.93. The van der Waals surface area contributed by atoms with Gasteiger partial charge in [-0.05, 0) is 23.8 Å². The first-order valence-corrected chi connectivity index (χ1v) is 8.28. The van der Waals surface area contributed by atoms with Crippen LogP contribution < -0.4 is 20.1 Å². The molecule has 6 heteroatoms. The first kappa shape index (κ1) is 20.7. The summed E-state index contributed by atoms with van der Waals surface area (Å²) in [5.74, 6) is 0.958. The predicted molar refractivity (Wildman–Crippen MR) is 99.6 cm³/mol. The van der Waals surface area contributed by atoms with E-state index in [4.69, 9.17) is 9.47 Å². The number of rotatable bonds is 11. The van der Waals surface area contributed by atoms with Gasteiger partial charge < -0.3 is 25.2 Å². The van der Waals surface area contributed by atoms with Crippen molar-refractivity contribution in [3.8, 4) is 11.5 Å². The van der Waals surface area contributed by atoms with E-state index >= 15 is 0 Å². The molecule has 0 aliphatic heterocycles. The van der Waals surface area contributed by atoms with Crippen LogP contribution in [0.2, 0.25) is 0 Å². The summed E-state index contributed by atoms with van der Waals surface area (Å²) in [4.78, 5) is 10.9. The molecule has 1 aromatic carbocycles. The van der Waals surface area contributed by atoms with Crippen LogP contribution in [0.3, 0.4) is 0 Å². The number of nitrogens with one attached hydrogen (secondary N) is 2. The maximum absolute atomic E-state index is 10.9. The van der Waals surface area contributed by atoms with Crippen LogP contribution in [0.15, 0.2) is 37.1 Å². The van der Waals surface area contributed by atoms with Crippen LogP contribution in [0, 0.1) is 0 Å². The highest BCUT2D eigenvalue weighted by Gasteiger charge is 2.10. The van der Waals surface area contributed by atoms with E-state index in [2.05, 4.69) is 17.2 Å². The molecule has 0 radical (unpaired) electrons. The fourth-order valence-corrected chi connectivity index (χ4v) is 1.88. The molecule has 1 rings (SSSR count). The van der Waals surface area contributed by atoms with Crippen molar-refractivity contribution in [3.63, 3.8) is 0 Å². The van der Waals surface area contributed by atoms with Gasteiger partial charge in [-0.3, -0.25) is 4.79 Å². The van der Waals surface area contributed by atoms with Crippen LogP contribution in [-0.2, 0) is 4.79 Å². The highest BCUT2D eigenvalue weighted by molar-refractivity contribution is 5.75. The maximum Gasteiger partial charge on any atom is 0.220 e. The highest BCUT2D eigenvalue weighted by Crippen LogP contribution is 2.29. The van der Waals surface area contributed by atoms with Crippen LogP contribution in [-0.4, -0.2) is 42.9 Å². The molecule has 0 aliphatic rings. The van der Waals surface area contributed by atoms with Gasteiger partial charge in [0.15, 0.2) is 11.5 Å². The molecular formula is C19H28N2O4. The number of ether oxygens (including phenoxy) is 2. The first-order valence-electron chi connectivity index (χ1n) is 8.28. The van der Waals surface area contributed by atoms with Crippen molar-refractivity contribution in [2.45, 2.75) is 32.9 Å². The minimum Gasteiger partial charge on any atom is -0.487 e. The van der Waals surface area contributed by atoms with Crippen molar-refractivity contribution in [2.75, 3.05) is 19.8 Å². The fourth-order valence-electron chi connectivity index (χ4n) is 1.88. The van der Waals surface area contributed by atoms with Gasteiger partial charge in [0, 0.05) is 25.7 Å². The molecule has 0 aromatic heterocycles. The number of amides is 1. The Morgan fingerprint density at radius 2 is 2.08 bits per heavy atom. The fraction of sp³-hybridized carbons (Fsp3) is 0.421. The van der Waals surface area contributed by atoms with E-state index in [-0.39, 0.29) is 12.5 Å². The van der Waals surface area contributed by atoms with Gasteiger partial charge in [0.25, 0.3) is 0 Å². The van der Waals surface area contributed by atoms with Gasteiger partial charge in [-0.2, -0.15) is 0 Å². The summed E-state index contributed by atoms with van der Waals surface area (Å²) in [5.41, 5.74) is 0.849. The molecule has 1 aromatic rings. The summed E-state index contributed by atoms with van der Waals surface area (Å²) >= 11 is 0. The molecule has 6 nitrogen and oxygen atoms in total. The molecule has 0 spiro atoms. The number of hydrogen-bond donors (Lipinski definition) is 3. The van der Waals surface area contributed by atoms with Gasteiger partial charge in [-0.15, -0.1) is 0 Å². The van der Waals surface area contributed by atoms with Crippen LogP contribution in [0.25, 0.3) is 6.08 Å². The molecule has 25 heavy (non-hydrogen) atoms. The molecule has 0 heterocycles. The van der Waals surface area contributed by atoms with Crippen molar-refractivity contribution < 1.29 is 19.4 Å². The summed E-state index contributed by atoms with van der Waals surface area (Å²) in [6, 6.07) is 5.72. The molecular weight excluding hydrogens is 320 g/mol. The lowest BCUT2D eigenvalue weighted by molar-refractivity contribution is -0.118. The van der Waals surface area contributed by atoms with Gasteiger partial charge >= 0.3 is 0 Å². The Hall–Kier alpha value is -2.31. The highest BCUT2D eigenvalue weighted by atomic mass is 16.5. The Kier molecular flexibility index (Phi) is 9.36. The Bertz CT molecular complexity index is 585. The first-order chi connectivity index (χ1) is 11.9. The maximum atomic E-state index is 10.9. The number of carbonyl (C=O) groups is 1. The van der Waals surface area contributed by atoms with Crippen molar-refractivity contribution in [1.29, 1.82) is 0 Å². The smallest absolute Gasteiger partial charge is 0.220 e. The van der Waals surface area contributed by atoms with Gasteiger partial charge in [-0.1, -0.05) is 32.6 Å². The van der Waals surface area contributed by atoms with Crippen LogP contribution in [0.4, 0.5) is 0 Å². The van der Waals surface area contributed by atoms with Crippen molar-refractivity contribution in [2.24, 2.45) is 0 Å². The third-order valence-electron chi connectivity index (χ3n) is 3.08. The zero-order chi connectivity index (χ0) is 18.7. The molecule has 0 bridgehead atoms. The lowest BCUT2D eigenvalue weighted by atomic mass is 10.2. The Balaban J connectivity index is 2.74. The average molecular weight is 348 g/mol. The van der Waals surface area contributed by atoms with E-state index in [1.165, 1.54) is 6.92 Å². The normalized spacial score (nSPS) is 12.2. The summed E-state index contributed by atoms with van der Waals surface area (Å²) in [6.45, 7) is 10.1. The molecule has 0 saturated carbocycles. The van der Waals surface area contributed by atoms with Crippen molar-refractivity contribution >= 4 is 12.0 Å². The zero-order valence-electron chi connectivity index (χ0n) is 15.1. The summed E-state index contributed by atoms with van der Waals surface area (Å²) in [5, 5.41) is 15.7. The van der Waals surface area contributed by atoms with Crippen molar-refractivity contribution in [1.82, 2.24) is 10.6 Å². The minimum atomic E-state index is -0.617. The van der Waals surface area contributed by atoms with Crippen LogP contribution in [0.5, 0.6) is 11.5 Å². The number of benzene rings is 1. The molecule has 3 N–H and O–H groups in total. The average Bonchev–Trinajstić information content (AvgIpc) is 2.56. The molecule has 0 saturated heterocycles. The largest absolute Gasteiger partial charge is 0.487 e. The predicted octanol–water partition coefficient (Wildman–Crippen LogP) is 2.10.